The minimum atomic E-state index is -4.35. The molecule has 170 valence electrons. The van der Waals surface area contributed by atoms with Gasteiger partial charge in [0, 0.05) is 38.3 Å². The third-order valence-electron chi connectivity index (χ3n) is 5.75. The minimum Gasteiger partial charge on any atom is -0.336 e. The highest BCUT2D eigenvalue weighted by Crippen LogP contribution is 2.30. The van der Waals surface area contributed by atoms with Crippen molar-refractivity contribution in [3.63, 3.8) is 0 Å². The number of hydrogen-bond donors (Lipinski definition) is 0. The number of halogens is 3. The van der Waals surface area contributed by atoms with E-state index in [0.29, 0.717) is 43.9 Å². The van der Waals surface area contributed by atoms with Gasteiger partial charge in [-0.3, -0.25) is 9.69 Å². The molecule has 0 bridgehead atoms. The Hall–Kier alpha value is -3.38. The molecule has 3 aromatic carbocycles. The van der Waals surface area contributed by atoms with Crippen LogP contribution in [0.4, 0.5) is 13.2 Å². The summed E-state index contributed by atoms with van der Waals surface area (Å²) in [4.78, 5) is 17.3. The maximum atomic E-state index is 13.4. The largest absolute Gasteiger partial charge is 0.416 e. The van der Waals surface area contributed by atoms with Gasteiger partial charge >= 0.3 is 6.18 Å². The van der Waals surface area contributed by atoms with E-state index in [1.165, 1.54) is 12.1 Å². The normalized spacial score (nSPS) is 15.5. The van der Waals surface area contributed by atoms with Crippen LogP contribution < -0.4 is 0 Å². The van der Waals surface area contributed by atoms with Crippen LogP contribution in [0.25, 0.3) is 11.6 Å². The van der Waals surface area contributed by atoms with Crippen LogP contribution in [0.2, 0.25) is 0 Å². The van der Waals surface area contributed by atoms with E-state index in [9.17, 15) is 18.0 Å². The molecule has 1 amide bonds. The molecule has 0 saturated carbocycles. The van der Waals surface area contributed by atoms with Gasteiger partial charge in [-0.25, -0.2) is 0 Å². The van der Waals surface area contributed by atoms with Crippen LogP contribution in [0.15, 0.2) is 84.9 Å². The number of carbonyl (C=O) groups is 1. The molecule has 0 N–H and O–H groups in total. The summed E-state index contributed by atoms with van der Waals surface area (Å²) in [5, 5.41) is 0. The number of rotatable bonds is 5. The first-order valence-electron chi connectivity index (χ1n) is 10.9. The van der Waals surface area contributed by atoms with E-state index in [-0.39, 0.29) is 5.91 Å². The average molecular weight is 451 g/mol. The fourth-order valence-corrected chi connectivity index (χ4v) is 3.99. The summed E-state index contributed by atoms with van der Waals surface area (Å²) in [6.45, 7) is 2.69. The van der Waals surface area contributed by atoms with E-state index < -0.39 is 11.7 Å². The van der Waals surface area contributed by atoms with Crippen LogP contribution in [-0.4, -0.2) is 41.9 Å². The summed E-state index contributed by atoms with van der Waals surface area (Å²) in [6, 6.07) is 24.8. The van der Waals surface area contributed by atoms with Crippen molar-refractivity contribution < 1.29 is 18.0 Å². The highest BCUT2D eigenvalue weighted by atomic mass is 19.4. The molecule has 0 spiro atoms. The summed E-state index contributed by atoms with van der Waals surface area (Å²) < 4.78 is 39.0. The SMILES string of the molecule is O=C(/C(=C\c1ccccc1)c1ccccc1)N1CCN(Cc2cccc(C(F)(F)F)c2)CC1. The lowest BCUT2D eigenvalue weighted by atomic mass is 10.0. The third-order valence-corrected chi connectivity index (χ3v) is 5.75. The second-order valence-electron chi connectivity index (χ2n) is 8.10. The lowest BCUT2D eigenvalue weighted by molar-refractivity contribution is -0.137. The molecule has 3 aromatic rings. The molecule has 0 radical (unpaired) electrons. The maximum Gasteiger partial charge on any atom is 0.416 e. The van der Waals surface area contributed by atoms with Crippen LogP contribution in [0.3, 0.4) is 0 Å². The highest BCUT2D eigenvalue weighted by molar-refractivity contribution is 6.24. The first kappa shape index (κ1) is 22.8. The van der Waals surface area contributed by atoms with Gasteiger partial charge in [0.25, 0.3) is 5.91 Å². The molecule has 1 fully saturated rings. The van der Waals surface area contributed by atoms with Gasteiger partial charge in [-0.15, -0.1) is 0 Å². The summed E-state index contributed by atoms with van der Waals surface area (Å²) >= 11 is 0. The van der Waals surface area contributed by atoms with Crippen molar-refractivity contribution in [2.75, 3.05) is 26.2 Å². The number of benzene rings is 3. The smallest absolute Gasteiger partial charge is 0.336 e. The molecule has 4 rings (SSSR count). The van der Waals surface area contributed by atoms with Gasteiger partial charge in [0.05, 0.1) is 5.56 Å². The maximum absolute atomic E-state index is 13.4. The zero-order valence-corrected chi connectivity index (χ0v) is 18.1. The number of carbonyl (C=O) groups excluding carboxylic acids is 1. The Bertz CT molecular complexity index is 1100. The summed E-state index contributed by atoms with van der Waals surface area (Å²) in [7, 11) is 0. The van der Waals surface area contributed by atoms with Crippen LogP contribution in [0.5, 0.6) is 0 Å². The topological polar surface area (TPSA) is 23.6 Å². The van der Waals surface area contributed by atoms with Crippen molar-refractivity contribution >= 4 is 17.6 Å². The van der Waals surface area contributed by atoms with Gasteiger partial charge in [0.1, 0.15) is 0 Å². The summed E-state index contributed by atoms with van der Waals surface area (Å²) in [6.07, 6.45) is -2.44. The lowest BCUT2D eigenvalue weighted by Crippen LogP contribution is -2.48. The lowest BCUT2D eigenvalue weighted by Gasteiger charge is -2.35. The van der Waals surface area contributed by atoms with Crippen molar-refractivity contribution in [1.29, 1.82) is 0 Å². The van der Waals surface area contributed by atoms with Crippen molar-refractivity contribution in [1.82, 2.24) is 9.80 Å². The van der Waals surface area contributed by atoms with E-state index in [4.69, 9.17) is 0 Å². The van der Waals surface area contributed by atoms with Crippen LogP contribution in [-0.2, 0) is 17.5 Å². The van der Waals surface area contributed by atoms with Gasteiger partial charge < -0.3 is 4.90 Å². The molecule has 6 heteroatoms. The van der Waals surface area contributed by atoms with Crippen LogP contribution in [0, 0.1) is 0 Å². The molecule has 1 saturated heterocycles. The van der Waals surface area contributed by atoms with Gasteiger partial charge in [0.15, 0.2) is 0 Å². The minimum absolute atomic E-state index is 0.0382. The predicted octanol–water partition coefficient (Wildman–Crippen LogP) is 5.59. The van der Waals surface area contributed by atoms with Gasteiger partial charge in [0.2, 0.25) is 0 Å². The Morgan fingerprint density at radius 1 is 0.818 bits per heavy atom. The summed E-state index contributed by atoms with van der Waals surface area (Å²) in [5.74, 6) is -0.0382. The van der Waals surface area contributed by atoms with E-state index in [0.717, 1.165) is 17.2 Å². The molecule has 1 aliphatic rings. The number of nitrogens with zero attached hydrogens (tertiary/aromatic N) is 2. The molecule has 0 aliphatic carbocycles. The van der Waals surface area contributed by atoms with Gasteiger partial charge in [-0.1, -0.05) is 78.9 Å². The molecular formula is C27H25F3N2O. The molecule has 1 aliphatic heterocycles. The number of piperazine rings is 1. The molecule has 0 aromatic heterocycles. The van der Waals surface area contributed by atoms with Crippen LogP contribution in [0.1, 0.15) is 22.3 Å². The first-order valence-corrected chi connectivity index (χ1v) is 10.9. The molecule has 3 nitrogen and oxygen atoms in total. The second-order valence-corrected chi connectivity index (χ2v) is 8.10. The fourth-order valence-electron chi connectivity index (χ4n) is 3.99. The third kappa shape index (κ3) is 5.90. The van der Waals surface area contributed by atoms with Crippen molar-refractivity contribution in [3.05, 3.63) is 107 Å². The van der Waals surface area contributed by atoms with Crippen molar-refractivity contribution in [3.8, 4) is 0 Å². The molecule has 1 heterocycles. The molecule has 0 unspecified atom stereocenters. The highest BCUT2D eigenvalue weighted by Gasteiger charge is 2.30. The molecular weight excluding hydrogens is 425 g/mol. The average Bonchev–Trinajstić information content (AvgIpc) is 2.83. The predicted molar refractivity (Wildman–Crippen MR) is 124 cm³/mol. The monoisotopic (exact) mass is 450 g/mol. The first-order chi connectivity index (χ1) is 15.9. The Morgan fingerprint density at radius 3 is 2.09 bits per heavy atom. The van der Waals surface area contributed by atoms with Crippen molar-refractivity contribution in [2.45, 2.75) is 12.7 Å². The van der Waals surface area contributed by atoms with E-state index >= 15 is 0 Å². The Morgan fingerprint density at radius 2 is 1.45 bits per heavy atom. The van der Waals surface area contributed by atoms with Gasteiger partial charge in [-0.05, 0) is 28.8 Å². The quantitative estimate of drug-likeness (QED) is 0.374. The standard InChI is InChI=1S/C27H25F3N2O/c28-27(29,30)24-13-7-10-22(18-24)20-31-14-16-32(17-15-31)26(33)25(23-11-5-2-6-12-23)19-21-8-3-1-4-9-21/h1-13,18-19H,14-17,20H2/b25-19-. The number of amides is 1. The van der Waals surface area contributed by atoms with E-state index in [2.05, 4.69) is 4.90 Å². The van der Waals surface area contributed by atoms with E-state index in [1.54, 1.807) is 6.07 Å². The van der Waals surface area contributed by atoms with Crippen molar-refractivity contribution in [2.24, 2.45) is 0 Å². The Labute approximate surface area is 191 Å². The fraction of sp³-hybridized carbons (Fsp3) is 0.222. The van der Waals surface area contributed by atoms with E-state index in [1.807, 2.05) is 71.6 Å². The zero-order valence-electron chi connectivity index (χ0n) is 18.1. The Kier molecular flexibility index (Phi) is 6.94. The summed E-state index contributed by atoms with van der Waals surface area (Å²) in [5.41, 5.74) is 2.43. The number of alkyl halides is 3. The number of hydrogen-bond acceptors (Lipinski definition) is 2. The van der Waals surface area contributed by atoms with Crippen LogP contribution >= 0.6 is 0 Å². The second kappa shape index (κ2) is 10.0. The molecule has 33 heavy (non-hydrogen) atoms. The molecule has 0 atom stereocenters. The zero-order chi connectivity index (χ0) is 23.3. The Balaban J connectivity index is 1.45. The van der Waals surface area contributed by atoms with Gasteiger partial charge in [-0.2, -0.15) is 13.2 Å².